The van der Waals surface area contributed by atoms with E-state index in [2.05, 4.69) is 22.5 Å². The molecule has 0 aliphatic heterocycles. The van der Waals surface area contributed by atoms with Crippen LogP contribution in [-0.4, -0.2) is 24.3 Å². The quantitative estimate of drug-likeness (QED) is 0.790. The van der Waals surface area contributed by atoms with E-state index in [0.29, 0.717) is 16.6 Å². The molecule has 0 bridgehead atoms. The van der Waals surface area contributed by atoms with E-state index < -0.39 is 0 Å². The Kier molecular flexibility index (Phi) is 6.17. The molecule has 1 aromatic carbocycles. The number of nitrogens with zero attached hydrogens (tertiary/aromatic N) is 1. The van der Waals surface area contributed by atoms with Gasteiger partial charge in [0.1, 0.15) is 0 Å². The Bertz CT molecular complexity index is 650. The lowest BCUT2D eigenvalue weighted by Gasteiger charge is -2.21. The number of anilines is 1. The first-order valence-electron chi connectivity index (χ1n) is 7.37. The van der Waals surface area contributed by atoms with Gasteiger partial charge in [-0.25, -0.2) is 0 Å². The normalized spacial score (nSPS) is 11.4. The molecule has 0 saturated heterocycles. The number of methoxy groups -OCH3 is 2. The van der Waals surface area contributed by atoms with Crippen LogP contribution in [0.25, 0.3) is 0 Å². The zero-order valence-corrected chi connectivity index (χ0v) is 14.3. The molecule has 2 rings (SSSR count). The highest BCUT2D eigenvalue weighted by Gasteiger charge is 2.14. The first-order chi connectivity index (χ1) is 11.2. The lowest BCUT2D eigenvalue weighted by atomic mass is 10.0. The molecule has 0 unspecified atom stereocenters. The van der Waals surface area contributed by atoms with Gasteiger partial charge >= 0.3 is 0 Å². The van der Waals surface area contributed by atoms with Gasteiger partial charge in [-0.3, -0.25) is 4.98 Å². The van der Waals surface area contributed by atoms with E-state index in [4.69, 9.17) is 21.7 Å². The molecule has 0 fully saturated rings. The lowest BCUT2D eigenvalue weighted by Crippen LogP contribution is -2.32. The molecular formula is C17H21N3O2S. The minimum Gasteiger partial charge on any atom is -0.493 e. The summed E-state index contributed by atoms with van der Waals surface area (Å²) in [5, 5.41) is 7.04. The predicted molar refractivity (Wildman–Crippen MR) is 96.2 cm³/mol. The first kappa shape index (κ1) is 17.0. The summed E-state index contributed by atoms with van der Waals surface area (Å²) in [5.41, 5.74) is 1.99. The number of aromatic nitrogens is 1. The van der Waals surface area contributed by atoms with Crippen LogP contribution in [0.5, 0.6) is 11.5 Å². The van der Waals surface area contributed by atoms with Crippen molar-refractivity contribution in [3.63, 3.8) is 0 Å². The van der Waals surface area contributed by atoms with Crippen molar-refractivity contribution in [3.05, 3.63) is 48.3 Å². The van der Waals surface area contributed by atoms with Gasteiger partial charge in [0.05, 0.1) is 20.3 Å². The predicted octanol–water partition coefficient (Wildman–Crippen LogP) is 3.54. The molecule has 122 valence electrons. The van der Waals surface area contributed by atoms with Gasteiger partial charge < -0.3 is 20.1 Å². The van der Waals surface area contributed by atoms with Crippen LogP contribution in [0, 0.1) is 0 Å². The fourth-order valence-corrected chi connectivity index (χ4v) is 2.51. The molecule has 0 spiro atoms. The molecule has 0 aliphatic rings. The Morgan fingerprint density at radius 3 is 2.43 bits per heavy atom. The lowest BCUT2D eigenvalue weighted by molar-refractivity contribution is 0.354. The van der Waals surface area contributed by atoms with Crippen LogP contribution in [0.4, 0.5) is 5.69 Å². The maximum Gasteiger partial charge on any atom is 0.171 e. The summed E-state index contributed by atoms with van der Waals surface area (Å²) in [6, 6.07) is 9.69. The van der Waals surface area contributed by atoms with Gasteiger partial charge in [0.15, 0.2) is 16.6 Å². The highest BCUT2D eigenvalue weighted by molar-refractivity contribution is 7.80. The maximum absolute atomic E-state index is 5.39. The molecule has 0 amide bonds. The summed E-state index contributed by atoms with van der Waals surface area (Å²) < 4.78 is 10.6. The maximum atomic E-state index is 5.39. The van der Waals surface area contributed by atoms with E-state index in [1.807, 2.05) is 30.3 Å². The SMILES string of the molecule is CC[C@@H](NC(=S)Nc1ccncc1)c1ccc(OC)c(OC)c1. The van der Waals surface area contributed by atoms with Crippen LogP contribution in [-0.2, 0) is 0 Å². The average Bonchev–Trinajstić information content (AvgIpc) is 2.60. The number of ether oxygens (including phenoxy) is 2. The standard InChI is InChI=1S/C17H21N3O2S/c1-4-14(12-5-6-15(21-2)16(11-12)22-3)20-17(23)19-13-7-9-18-10-8-13/h5-11,14H,4H2,1-3H3,(H2,18,19,20,23)/t14-/m1/s1. The van der Waals surface area contributed by atoms with Crippen LogP contribution in [0.3, 0.4) is 0 Å². The first-order valence-corrected chi connectivity index (χ1v) is 7.78. The van der Waals surface area contributed by atoms with Crippen molar-refractivity contribution in [1.29, 1.82) is 0 Å². The highest BCUT2D eigenvalue weighted by Crippen LogP contribution is 2.30. The van der Waals surface area contributed by atoms with Crippen LogP contribution < -0.4 is 20.1 Å². The minimum absolute atomic E-state index is 0.0802. The minimum atomic E-state index is 0.0802. The van der Waals surface area contributed by atoms with Crippen LogP contribution >= 0.6 is 12.2 Å². The third kappa shape index (κ3) is 4.56. The third-order valence-electron chi connectivity index (χ3n) is 3.46. The van der Waals surface area contributed by atoms with Crippen LogP contribution in [0.15, 0.2) is 42.7 Å². The summed E-state index contributed by atoms with van der Waals surface area (Å²) in [6.45, 7) is 2.10. The molecule has 2 N–H and O–H groups in total. The van der Waals surface area contributed by atoms with Gasteiger partial charge in [-0.1, -0.05) is 13.0 Å². The van der Waals surface area contributed by atoms with Gasteiger partial charge in [-0.05, 0) is 48.5 Å². The Balaban J connectivity index is 2.09. The summed E-state index contributed by atoms with van der Waals surface area (Å²) in [5.74, 6) is 1.42. The molecule has 0 radical (unpaired) electrons. The molecule has 1 aromatic heterocycles. The smallest absolute Gasteiger partial charge is 0.171 e. The molecular weight excluding hydrogens is 310 g/mol. The average molecular weight is 331 g/mol. The van der Waals surface area contributed by atoms with Crippen LogP contribution in [0.1, 0.15) is 24.9 Å². The van der Waals surface area contributed by atoms with Gasteiger partial charge in [0.2, 0.25) is 0 Å². The largest absolute Gasteiger partial charge is 0.493 e. The monoisotopic (exact) mass is 331 g/mol. The molecule has 6 heteroatoms. The number of pyridine rings is 1. The Morgan fingerprint density at radius 2 is 1.83 bits per heavy atom. The molecule has 0 saturated carbocycles. The second kappa shape index (κ2) is 8.33. The van der Waals surface area contributed by atoms with Crippen molar-refractivity contribution in [1.82, 2.24) is 10.3 Å². The number of nitrogens with one attached hydrogen (secondary N) is 2. The van der Waals surface area contributed by atoms with Crippen molar-refractivity contribution < 1.29 is 9.47 Å². The van der Waals surface area contributed by atoms with E-state index >= 15 is 0 Å². The van der Waals surface area contributed by atoms with Gasteiger partial charge in [0.25, 0.3) is 0 Å². The zero-order chi connectivity index (χ0) is 16.7. The summed E-state index contributed by atoms with van der Waals surface area (Å²) in [7, 11) is 3.26. The fraction of sp³-hybridized carbons (Fsp3) is 0.294. The Labute approximate surface area is 142 Å². The molecule has 1 atom stereocenters. The van der Waals surface area contributed by atoms with E-state index in [0.717, 1.165) is 17.7 Å². The van der Waals surface area contributed by atoms with Gasteiger partial charge in [0, 0.05) is 18.1 Å². The highest BCUT2D eigenvalue weighted by atomic mass is 32.1. The number of hydrogen-bond acceptors (Lipinski definition) is 4. The third-order valence-corrected chi connectivity index (χ3v) is 3.68. The summed E-state index contributed by atoms with van der Waals surface area (Å²) in [6.07, 6.45) is 4.32. The van der Waals surface area contributed by atoms with Crippen molar-refractivity contribution in [2.75, 3.05) is 19.5 Å². The topological polar surface area (TPSA) is 55.4 Å². The van der Waals surface area contributed by atoms with E-state index in [9.17, 15) is 0 Å². The molecule has 5 nitrogen and oxygen atoms in total. The number of hydrogen-bond donors (Lipinski definition) is 2. The second-order valence-corrected chi connectivity index (χ2v) is 5.32. The van der Waals surface area contributed by atoms with Crippen molar-refractivity contribution >= 4 is 23.0 Å². The molecule has 2 aromatic rings. The molecule has 23 heavy (non-hydrogen) atoms. The van der Waals surface area contributed by atoms with E-state index in [1.54, 1.807) is 26.6 Å². The van der Waals surface area contributed by atoms with E-state index in [-0.39, 0.29) is 6.04 Å². The molecule has 1 heterocycles. The summed E-state index contributed by atoms with van der Waals surface area (Å²) >= 11 is 5.39. The zero-order valence-electron chi connectivity index (χ0n) is 13.5. The van der Waals surface area contributed by atoms with Crippen molar-refractivity contribution in [2.45, 2.75) is 19.4 Å². The number of benzene rings is 1. The number of thiocarbonyl (C=S) groups is 1. The van der Waals surface area contributed by atoms with Crippen LogP contribution in [0.2, 0.25) is 0 Å². The Hall–Kier alpha value is -2.34. The molecule has 0 aliphatic carbocycles. The van der Waals surface area contributed by atoms with Gasteiger partial charge in [-0.2, -0.15) is 0 Å². The van der Waals surface area contributed by atoms with E-state index in [1.165, 1.54) is 0 Å². The second-order valence-electron chi connectivity index (χ2n) is 4.91. The number of rotatable bonds is 6. The van der Waals surface area contributed by atoms with Crippen molar-refractivity contribution in [2.24, 2.45) is 0 Å². The van der Waals surface area contributed by atoms with Crippen molar-refractivity contribution in [3.8, 4) is 11.5 Å². The fourth-order valence-electron chi connectivity index (χ4n) is 2.25. The summed E-state index contributed by atoms with van der Waals surface area (Å²) in [4.78, 5) is 3.98. The van der Waals surface area contributed by atoms with Gasteiger partial charge in [-0.15, -0.1) is 0 Å². The Morgan fingerprint density at radius 1 is 1.13 bits per heavy atom.